The van der Waals surface area contributed by atoms with Crippen molar-refractivity contribution < 1.29 is 0 Å². The maximum atomic E-state index is 6.17. The normalized spacial score (nSPS) is 17.2. The highest BCUT2D eigenvalue weighted by atomic mass is 35.5. The number of halogens is 1. The Morgan fingerprint density at radius 2 is 2.07 bits per heavy atom. The summed E-state index contributed by atoms with van der Waals surface area (Å²) in [5.41, 5.74) is 2.54. The highest BCUT2D eigenvalue weighted by Crippen LogP contribution is 2.22. The van der Waals surface area contributed by atoms with E-state index in [1.807, 2.05) is 12.1 Å². The smallest absolute Gasteiger partial charge is 0.0453 e. The summed E-state index contributed by atoms with van der Waals surface area (Å²) in [5, 5.41) is 4.48. The van der Waals surface area contributed by atoms with Crippen LogP contribution in [0.25, 0.3) is 0 Å². The van der Waals surface area contributed by atoms with Crippen LogP contribution in [0.5, 0.6) is 0 Å². The Morgan fingerprint density at radius 1 is 1.33 bits per heavy atom. The van der Waals surface area contributed by atoms with Crippen LogP contribution in [0.1, 0.15) is 36.8 Å². The van der Waals surface area contributed by atoms with Crippen molar-refractivity contribution in [3.8, 4) is 0 Å². The molecule has 1 saturated carbocycles. The minimum Gasteiger partial charge on any atom is -0.310 e. The van der Waals surface area contributed by atoms with Crippen molar-refractivity contribution in [3.63, 3.8) is 0 Å². The molecule has 0 saturated heterocycles. The van der Waals surface area contributed by atoms with Gasteiger partial charge >= 0.3 is 0 Å². The first-order chi connectivity index (χ1) is 7.27. The molecule has 0 heterocycles. The molecule has 1 N–H and O–H groups in total. The van der Waals surface area contributed by atoms with Crippen LogP contribution in [0.3, 0.4) is 0 Å². The lowest BCUT2D eigenvalue weighted by Gasteiger charge is -2.14. The van der Waals surface area contributed by atoms with Gasteiger partial charge in [-0.05, 0) is 37.0 Å². The lowest BCUT2D eigenvalue weighted by Crippen LogP contribution is -2.25. The summed E-state index contributed by atoms with van der Waals surface area (Å²) < 4.78 is 0. The SMILES string of the molecule is Cc1cccc(Cl)c1CNC1CCCC1. The van der Waals surface area contributed by atoms with E-state index in [9.17, 15) is 0 Å². The van der Waals surface area contributed by atoms with Crippen molar-refractivity contribution in [1.29, 1.82) is 0 Å². The maximum Gasteiger partial charge on any atom is 0.0453 e. The first-order valence-electron chi connectivity index (χ1n) is 5.75. The molecule has 0 unspecified atom stereocenters. The zero-order valence-corrected chi connectivity index (χ0v) is 9.98. The molecule has 1 aromatic carbocycles. The molecule has 15 heavy (non-hydrogen) atoms. The molecule has 0 atom stereocenters. The molecule has 0 spiro atoms. The third-order valence-electron chi connectivity index (χ3n) is 3.28. The number of rotatable bonds is 3. The number of benzene rings is 1. The molecule has 1 fully saturated rings. The lowest BCUT2D eigenvalue weighted by molar-refractivity contribution is 0.523. The van der Waals surface area contributed by atoms with Crippen LogP contribution in [-0.2, 0) is 6.54 Å². The molecule has 0 aromatic heterocycles. The van der Waals surface area contributed by atoms with Crippen LogP contribution in [0, 0.1) is 6.92 Å². The van der Waals surface area contributed by atoms with Crippen LogP contribution in [0.4, 0.5) is 0 Å². The molecule has 0 radical (unpaired) electrons. The molecule has 1 aliphatic carbocycles. The summed E-state index contributed by atoms with van der Waals surface area (Å²) in [4.78, 5) is 0. The van der Waals surface area contributed by atoms with E-state index in [4.69, 9.17) is 11.6 Å². The standard InChI is InChI=1S/C13H18ClN/c1-10-5-4-8-13(14)12(10)9-15-11-6-2-3-7-11/h4-5,8,11,15H,2-3,6-7,9H2,1H3. The summed E-state index contributed by atoms with van der Waals surface area (Å²) in [7, 11) is 0. The van der Waals surface area contributed by atoms with Crippen molar-refractivity contribution >= 4 is 11.6 Å². The van der Waals surface area contributed by atoms with Gasteiger partial charge in [-0.25, -0.2) is 0 Å². The fourth-order valence-corrected chi connectivity index (χ4v) is 2.56. The Hall–Kier alpha value is -0.530. The highest BCUT2D eigenvalue weighted by molar-refractivity contribution is 6.31. The fourth-order valence-electron chi connectivity index (χ4n) is 2.27. The molecule has 2 rings (SSSR count). The summed E-state index contributed by atoms with van der Waals surface area (Å²) in [6.07, 6.45) is 5.39. The van der Waals surface area contributed by atoms with Gasteiger partial charge in [-0.3, -0.25) is 0 Å². The number of nitrogens with one attached hydrogen (secondary N) is 1. The Kier molecular flexibility index (Phi) is 3.66. The van der Waals surface area contributed by atoms with Crippen molar-refractivity contribution in [2.75, 3.05) is 0 Å². The van der Waals surface area contributed by atoms with Crippen molar-refractivity contribution in [3.05, 3.63) is 34.3 Å². The van der Waals surface area contributed by atoms with E-state index in [-0.39, 0.29) is 0 Å². The Bertz CT molecular complexity index is 309. The summed E-state index contributed by atoms with van der Waals surface area (Å²) >= 11 is 6.17. The van der Waals surface area contributed by atoms with Crippen molar-refractivity contribution in [1.82, 2.24) is 5.32 Å². The summed E-state index contributed by atoms with van der Waals surface area (Å²) in [6, 6.07) is 6.81. The molecule has 1 aliphatic rings. The highest BCUT2D eigenvalue weighted by Gasteiger charge is 2.14. The minimum atomic E-state index is 0.709. The van der Waals surface area contributed by atoms with Gasteiger partial charge in [0.05, 0.1) is 0 Å². The van der Waals surface area contributed by atoms with Gasteiger partial charge < -0.3 is 5.32 Å². The number of hydrogen-bond acceptors (Lipinski definition) is 1. The topological polar surface area (TPSA) is 12.0 Å². The molecule has 0 aliphatic heterocycles. The second-order valence-electron chi connectivity index (χ2n) is 4.40. The van der Waals surface area contributed by atoms with Gasteiger partial charge in [-0.1, -0.05) is 36.6 Å². The van der Waals surface area contributed by atoms with Gasteiger partial charge in [0.2, 0.25) is 0 Å². The van der Waals surface area contributed by atoms with Crippen molar-refractivity contribution in [2.24, 2.45) is 0 Å². The first-order valence-corrected chi connectivity index (χ1v) is 6.12. The van der Waals surface area contributed by atoms with Crippen LogP contribution < -0.4 is 5.32 Å². The number of aryl methyl sites for hydroxylation is 1. The van der Waals surface area contributed by atoms with Gasteiger partial charge in [0, 0.05) is 17.6 Å². The maximum absolute atomic E-state index is 6.17. The Morgan fingerprint density at radius 3 is 2.73 bits per heavy atom. The third kappa shape index (κ3) is 2.73. The van der Waals surface area contributed by atoms with E-state index >= 15 is 0 Å². The Balaban J connectivity index is 1.97. The molecular weight excluding hydrogens is 206 g/mol. The van der Waals surface area contributed by atoms with Gasteiger partial charge in [0.25, 0.3) is 0 Å². The zero-order valence-electron chi connectivity index (χ0n) is 9.22. The molecule has 2 heteroatoms. The summed E-state index contributed by atoms with van der Waals surface area (Å²) in [5.74, 6) is 0. The van der Waals surface area contributed by atoms with Gasteiger partial charge in [-0.15, -0.1) is 0 Å². The zero-order chi connectivity index (χ0) is 10.7. The van der Waals surface area contributed by atoms with Gasteiger partial charge in [0.15, 0.2) is 0 Å². The van der Waals surface area contributed by atoms with Gasteiger partial charge in [-0.2, -0.15) is 0 Å². The van der Waals surface area contributed by atoms with Crippen LogP contribution in [0.2, 0.25) is 5.02 Å². The predicted octanol–water partition coefficient (Wildman–Crippen LogP) is 3.68. The molecule has 0 amide bonds. The third-order valence-corrected chi connectivity index (χ3v) is 3.63. The average molecular weight is 224 g/mol. The largest absolute Gasteiger partial charge is 0.310 e. The molecular formula is C13H18ClN. The monoisotopic (exact) mass is 223 g/mol. The van der Waals surface area contributed by atoms with E-state index in [0.29, 0.717) is 6.04 Å². The molecule has 1 nitrogen and oxygen atoms in total. The second-order valence-corrected chi connectivity index (χ2v) is 4.80. The van der Waals surface area contributed by atoms with Gasteiger partial charge in [0.1, 0.15) is 0 Å². The predicted molar refractivity (Wildman–Crippen MR) is 65.3 cm³/mol. The van der Waals surface area contributed by atoms with E-state index in [0.717, 1.165) is 11.6 Å². The van der Waals surface area contributed by atoms with Crippen molar-refractivity contribution in [2.45, 2.75) is 45.2 Å². The Labute approximate surface area is 96.8 Å². The minimum absolute atomic E-state index is 0.709. The van der Waals surface area contributed by atoms with E-state index in [1.54, 1.807) is 0 Å². The average Bonchev–Trinajstić information content (AvgIpc) is 2.70. The van der Waals surface area contributed by atoms with Crippen LogP contribution in [0.15, 0.2) is 18.2 Å². The van der Waals surface area contributed by atoms with E-state index in [2.05, 4.69) is 18.3 Å². The second kappa shape index (κ2) is 5.00. The quantitative estimate of drug-likeness (QED) is 0.825. The van der Waals surface area contributed by atoms with Crippen LogP contribution in [-0.4, -0.2) is 6.04 Å². The molecule has 82 valence electrons. The lowest BCUT2D eigenvalue weighted by atomic mass is 10.1. The fraction of sp³-hybridized carbons (Fsp3) is 0.538. The first kappa shape index (κ1) is 11.0. The van der Waals surface area contributed by atoms with Crippen LogP contribution >= 0.6 is 11.6 Å². The number of hydrogen-bond donors (Lipinski definition) is 1. The van der Waals surface area contributed by atoms with E-state index in [1.165, 1.54) is 36.8 Å². The molecule has 0 bridgehead atoms. The molecule has 1 aromatic rings. The summed E-state index contributed by atoms with van der Waals surface area (Å²) in [6.45, 7) is 3.04. The van der Waals surface area contributed by atoms with E-state index < -0.39 is 0 Å².